The molecule has 0 spiro atoms. The molecule has 0 amide bonds. The van der Waals surface area contributed by atoms with Crippen LogP contribution in [0.5, 0.6) is 0 Å². The Morgan fingerprint density at radius 3 is 2.23 bits per heavy atom. The first-order valence-electron chi connectivity index (χ1n) is 8.05. The van der Waals surface area contributed by atoms with Gasteiger partial charge in [0.1, 0.15) is 5.82 Å². The molecule has 140 valence electrons. The molecule has 1 saturated carbocycles. The SMILES string of the molecule is O=S(=O)(Cc1cccc(C(F)(F)F)c1)N(Cc1ccc(F)cc1)C1CC1. The van der Waals surface area contributed by atoms with Gasteiger partial charge in [0.2, 0.25) is 10.0 Å². The van der Waals surface area contributed by atoms with Crippen LogP contribution in [0.3, 0.4) is 0 Å². The summed E-state index contributed by atoms with van der Waals surface area (Å²) in [4.78, 5) is 0. The number of halogens is 4. The smallest absolute Gasteiger partial charge is 0.212 e. The van der Waals surface area contributed by atoms with E-state index in [9.17, 15) is 26.0 Å². The molecule has 26 heavy (non-hydrogen) atoms. The molecule has 0 N–H and O–H groups in total. The maximum Gasteiger partial charge on any atom is 0.416 e. The van der Waals surface area contributed by atoms with Gasteiger partial charge in [-0.15, -0.1) is 0 Å². The van der Waals surface area contributed by atoms with Crippen LogP contribution in [-0.4, -0.2) is 18.8 Å². The summed E-state index contributed by atoms with van der Waals surface area (Å²) in [5, 5.41) is 0. The zero-order valence-corrected chi connectivity index (χ0v) is 14.5. The molecular weight excluding hydrogens is 370 g/mol. The van der Waals surface area contributed by atoms with E-state index < -0.39 is 33.3 Å². The van der Waals surface area contributed by atoms with E-state index in [1.807, 2.05) is 0 Å². The quantitative estimate of drug-likeness (QED) is 0.692. The normalized spacial score (nSPS) is 15.4. The van der Waals surface area contributed by atoms with Crippen molar-refractivity contribution in [3.8, 4) is 0 Å². The molecule has 1 fully saturated rings. The average Bonchev–Trinajstić information content (AvgIpc) is 3.38. The Morgan fingerprint density at radius 1 is 1.00 bits per heavy atom. The molecule has 0 bridgehead atoms. The number of benzene rings is 2. The standard InChI is InChI=1S/C18H17F4NO2S/c19-16-6-4-13(5-7-16)11-23(17-8-9-17)26(24,25)12-14-2-1-3-15(10-14)18(20,21)22/h1-7,10,17H,8-9,11-12H2. The van der Waals surface area contributed by atoms with E-state index in [0.717, 1.165) is 12.1 Å². The fourth-order valence-corrected chi connectivity index (χ4v) is 4.50. The topological polar surface area (TPSA) is 37.4 Å². The van der Waals surface area contributed by atoms with Crippen molar-refractivity contribution < 1.29 is 26.0 Å². The first-order valence-corrected chi connectivity index (χ1v) is 9.66. The Hall–Kier alpha value is -1.93. The minimum absolute atomic E-state index is 0.0756. The van der Waals surface area contributed by atoms with Crippen LogP contribution < -0.4 is 0 Å². The largest absolute Gasteiger partial charge is 0.416 e. The number of rotatable bonds is 6. The van der Waals surface area contributed by atoms with E-state index in [1.165, 1.54) is 40.7 Å². The van der Waals surface area contributed by atoms with Gasteiger partial charge in [-0.05, 0) is 42.2 Å². The lowest BCUT2D eigenvalue weighted by molar-refractivity contribution is -0.137. The Balaban J connectivity index is 1.81. The molecule has 0 unspecified atom stereocenters. The minimum Gasteiger partial charge on any atom is -0.212 e. The summed E-state index contributed by atoms with van der Waals surface area (Å²) >= 11 is 0. The van der Waals surface area contributed by atoms with Crippen LogP contribution in [0.25, 0.3) is 0 Å². The molecular formula is C18H17F4NO2S. The van der Waals surface area contributed by atoms with E-state index in [2.05, 4.69) is 0 Å². The minimum atomic E-state index is -4.52. The number of hydrogen-bond acceptors (Lipinski definition) is 2. The van der Waals surface area contributed by atoms with Gasteiger partial charge in [0.15, 0.2) is 0 Å². The van der Waals surface area contributed by atoms with Crippen LogP contribution in [0.1, 0.15) is 29.5 Å². The van der Waals surface area contributed by atoms with Crippen LogP contribution in [0.15, 0.2) is 48.5 Å². The van der Waals surface area contributed by atoms with Crippen molar-refractivity contribution >= 4 is 10.0 Å². The highest BCUT2D eigenvalue weighted by Gasteiger charge is 2.37. The van der Waals surface area contributed by atoms with Crippen LogP contribution in [-0.2, 0) is 28.5 Å². The van der Waals surface area contributed by atoms with Crippen molar-refractivity contribution in [3.63, 3.8) is 0 Å². The van der Waals surface area contributed by atoms with Gasteiger partial charge >= 0.3 is 6.18 Å². The van der Waals surface area contributed by atoms with E-state index in [-0.39, 0.29) is 18.2 Å². The Bertz CT molecular complexity index is 875. The molecule has 3 rings (SSSR count). The zero-order chi connectivity index (χ0) is 18.9. The monoisotopic (exact) mass is 387 g/mol. The summed E-state index contributed by atoms with van der Waals surface area (Å²) in [6, 6.07) is 9.70. The molecule has 2 aromatic rings. The van der Waals surface area contributed by atoms with Gasteiger partial charge in [-0.3, -0.25) is 0 Å². The van der Waals surface area contributed by atoms with Crippen LogP contribution in [0, 0.1) is 5.82 Å². The summed E-state index contributed by atoms with van der Waals surface area (Å²) in [5.74, 6) is -0.923. The maximum absolute atomic E-state index is 13.0. The van der Waals surface area contributed by atoms with Crippen LogP contribution in [0.2, 0.25) is 0 Å². The molecule has 0 aliphatic heterocycles. The Kier molecular flexibility index (Phi) is 5.07. The van der Waals surface area contributed by atoms with Crippen molar-refractivity contribution in [1.82, 2.24) is 4.31 Å². The highest BCUT2D eigenvalue weighted by atomic mass is 32.2. The zero-order valence-electron chi connectivity index (χ0n) is 13.7. The Morgan fingerprint density at radius 2 is 1.65 bits per heavy atom. The molecule has 0 saturated heterocycles. The van der Waals surface area contributed by atoms with Gasteiger partial charge in [-0.2, -0.15) is 17.5 Å². The molecule has 0 atom stereocenters. The molecule has 0 aromatic heterocycles. The predicted octanol–water partition coefficient (Wildman–Crippen LogP) is 4.34. The highest BCUT2D eigenvalue weighted by Crippen LogP contribution is 2.33. The van der Waals surface area contributed by atoms with Crippen molar-refractivity contribution in [1.29, 1.82) is 0 Å². The van der Waals surface area contributed by atoms with E-state index in [4.69, 9.17) is 0 Å². The lowest BCUT2D eigenvalue weighted by Gasteiger charge is -2.22. The van der Waals surface area contributed by atoms with Gasteiger partial charge in [0.25, 0.3) is 0 Å². The maximum atomic E-state index is 13.0. The Labute approximate surface area is 149 Å². The summed E-state index contributed by atoms with van der Waals surface area (Å²) in [5.41, 5.74) is -0.155. The van der Waals surface area contributed by atoms with Gasteiger partial charge in [-0.25, -0.2) is 12.8 Å². The van der Waals surface area contributed by atoms with Gasteiger partial charge in [0, 0.05) is 12.6 Å². The fraction of sp³-hybridized carbons (Fsp3) is 0.333. The molecule has 0 radical (unpaired) electrons. The summed E-state index contributed by atoms with van der Waals surface area (Å²) in [7, 11) is -3.81. The van der Waals surface area contributed by atoms with E-state index >= 15 is 0 Å². The third-order valence-electron chi connectivity index (χ3n) is 4.17. The third kappa shape index (κ3) is 4.62. The van der Waals surface area contributed by atoms with Gasteiger partial charge < -0.3 is 0 Å². The predicted molar refractivity (Wildman–Crippen MR) is 89.0 cm³/mol. The van der Waals surface area contributed by atoms with Crippen LogP contribution >= 0.6 is 0 Å². The second kappa shape index (κ2) is 7.00. The molecule has 0 heterocycles. The van der Waals surface area contributed by atoms with Crippen molar-refractivity contribution in [2.24, 2.45) is 0 Å². The molecule has 2 aromatic carbocycles. The number of alkyl halides is 3. The second-order valence-electron chi connectivity index (χ2n) is 6.36. The lowest BCUT2D eigenvalue weighted by atomic mass is 10.1. The van der Waals surface area contributed by atoms with Gasteiger partial charge in [-0.1, -0.05) is 30.3 Å². The highest BCUT2D eigenvalue weighted by molar-refractivity contribution is 7.88. The van der Waals surface area contributed by atoms with Gasteiger partial charge in [0.05, 0.1) is 11.3 Å². The number of hydrogen-bond donors (Lipinski definition) is 0. The summed E-state index contributed by atoms with van der Waals surface area (Å²) < 4.78 is 78.4. The molecule has 8 heteroatoms. The van der Waals surface area contributed by atoms with Crippen LogP contribution in [0.4, 0.5) is 17.6 Å². The fourth-order valence-electron chi connectivity index (χ4n) is 2.72. The number of nitrogens with zero attached hydrogens (tertiary/aromatic N) is 1. The third-order valence-corrected chi connectivity index (χ3v) is 6.01. The first-order chi connectivity index (χ1) is 12.1. The molecule has 1 aliphatic rings. The van der Waals surface area contributed by atoms with E-state index in [0.29, 0.717) is 18.4 Å². The summed E-state index contributed by atoms with van der Waals surface area (Å²) in [6.45, 7) is 0.0756. The number of sulfonamides is 1. The second-order valence-corrected chi connectivity index (χ2v) is 8.28. The van der Waals surface area contributed by atoms with Crippen molar-refractivity contribution in [3.05, 3.63) is 71.0 Å². The lowest BCUT2D eigenvalue weighted by Crippen LogP contribution is -2.33. The average molecular weight is 387 g/mol. The molecule has 1 aliphatic carbocycles. The molecule has 3 nitrogen and oxygen atoms in total. The van der Waals surface area contributed by atoms with Crippen molar-refractivity contribution in [2.45, 2.75) is 37.4 Å². The van der Waals surface area contributed by atoms with Crippen molar-refractivity contribution in [2.75, 3.05) is 0 Å². The van der Waals surface area contributed by atoms with E-state index in [1.54, 1.807) is 0 Å². The first kappa shape index (κ1) is 18.8. The summed E-state index contributed by atoms with van der Waals surface area (Å²) in [6.07, 6.45) is -3.10.